The van der Waals surface area contributed by atoms with Gasteiger partial charge in [0.25, 0.3) is 5.91 Å². The Balaban J connectivity index is 1.58. The van der Waals surface area contributed by atoms with Gasteiger partial charge >= 0.3 is 11.8 Å². The summed E-state index contributed by atoms with van der Waals surface area (Å²) in [6.45, 7) is 3.67. The Bertz CT molecular complexity index is 680. The van der Waals surface area contributed by atoms with E-state index in [4.69, 9.17) is 0 Å². The Hall–Kier alpha value is -1.64. The van der Waals surface area contributed by atoms with Gasteiger partial charge in [0.2, 0.25) is 0 Å². The highest BCUT2D eigenvalue weighted by molar-refractivity contribution is 14.1. The van der Waals surface area contributed by atoms with Gasteiger partial charge in [-0.15, -0.1) is 0 Å². The van der Waals surface area contributed by atoms with Crippen molar-refractivity contribution in [1.82, 2.24) is 15.1 Å². The number of halogens is 1. The van der Waals surface area contributed by atoms with E-state index in [0.717, 1.165) is 22.0 Å². The van der Waals surface area contributed by atoms with Gasteiger partial charge in [-0.25, -0.2) is 0 Å². The van der Waals surface area contributed by atoms with Gasteiger partial charge in [0.05, 0.1) is 5.56 Å². The molecular weight excluding hydrogens is 421 g/mol. The zero-order chi connectivity index (χ0) is 17.3. The van der Waals surface area contributed by atoms with Gasteiger partial charge in [-0.1, -0.05) is 12.1 Å². The Labute approximate surface area is 154 Å². The van der Waals surface area contributed by atoms with Crippen LogP contribution in [-0.4, -0.2) is 59.7 Å². The molecule has 1 saturated carbocycles. The van der Waals surface area contributed by atoms with Crippen molar-refractivity contribution in [2.24, 2.45) is 0 Å². The SMILES string of the molecule is Cc1cccc(C(=O)N2CCN(C(=O)C(=O)NC3CC3)CC2)c1I. The zero-order valence-corrected chi connectivity index (χ0v) is 15.7. The molecule has 1 N–H and O–H groups in total. The van der Waals surface area contributed by atoms with Crippen LogP contribution in [0.5, 0.6) is 0 Å². The lowest BCUT2D eigenvalue weighted by molar-refractivity contribution is -0.146. The average Bonchev–Trinajstić information content (AvgIpc) is 3.40. The molecule has 6 nitrogen and oxygen atoms in total. The molecule has 0 atom stereocenters. The lowest BCUT2D eigenvalue weighted by Gasteiger charge is -2.34. The van der Waals surface area contributed by atoms with Gasteiger partial charge in [0.1, 0.15) is 0 Å². The number of benzene rings is 1. The summed E-state index contributed by atoms with van der Waals surface area (Å²) in [4.78, 5) is 39.9. The molecule has 2 fully saturated rings. The second kappa shape index (κ2) is 7.08. The van der Waals surface area contributed by atoms with Crippen molar-refractivity contribution >= 4 is 40.3 Å². The molecule has 7 heteroatoms. The van der Waals surface area contributed by atoms with Gasteiger partial charge in [-0.3, -0.25) is 14.4 Å². The van der Waals surface area contributed by atoms with Gasteiger partial charge in [0, 0.05) is 35.8 Å². The fraction of sp³-hybridized carbons (Fsp3) is 0.471. The predicted molar refractivity (Wildman–Crippen MR) is 97.5 cm³/mol. The Morgan fingerprint density at radius 2 is 1.71 bits per heavy atom. The van der Waals surface area contributed by atoms with Crippen molar-refractivity contribution in [3.8, 4) is 0 Å². The first kappa shape index (κ1) is 17.2. The molecule has 3 rings (SSSR count). The molecule has 0 aromatic heterocycles. The molecule has 2 aliphatic rings. The number of amides is 3. The number of nitrogens with zero attached hydrogens (tertiary/aromatic N) is 2. The van der Waals surface area contributed by atoms with Gasteiger partial charge in [0.15, 0.2) is 0 Å². The van der Waals surface area contributed by atoms with Crippen molar-refractivity contribution < 1.29 is 14.4 Å². The van der Waals surface area contributed by atoms with Crippen LogP contribution < -0.4 is 5.32 Å². The molecule has 24 heavy (non-hydrogen) atoms. The maximum Gasteiger partial charge on any atom is 0.312 e. The molecule has 1 heterocycles. The number of carbonyl (C=O) groups excluding carboxylic acids is 3. The van der Waals surface area contributed by atoms with Gasteiger partial charge in [-0.05, 0) is 54.0 Å². The summed E-state index contributed by atoms with van der Waals surface area (Å²) in [7, 11) is 0. The molecular formula is C17H20IN3O3. The summed E-state index contributed by atoms with van der Waals surface area (Å²) < 4.78 is 0.961. The molecule has 0 radical (unpaired) electrons. The summed E-state index contributed by atoms with van der Waals surface area (Å²) in [5, 5.41) is 2.71. The van der Waals surface area contributed by atoms with Crippen LogP contribution in [0.2, 0.25) is 0 Å². The van der Waals surface area contributed by atoms with E-state index >= 15 is 0 Å². The summed E-state index contributed by atoms with van der Waals surface area (Å²) in [5.74, 6) is -1.03. The number of rotatable bonds is 2. The first-order valence-corrected chi connectivity index (χ1v) is 9.19. The van der Waals surface area contributed by atoms with Crippen LogP contribution in [0.25, 0.3) is 0 Å². The van der Waals surface area contributed by atoms with Crippen LogP contribution >= 0.6 is 22.6 Å². The molecule has 1 saturated heterocycles. The minimum atomic E-state index is -0.523. The van der Waals surface area contributed by atoms with E-state index in [1.807, 2.05) is 25.1 Å². The maximum absolute atomic E-state index is 12.7. The van der Waals surface area contributed by atoms with E-state index in [-0.39, 0.29) is 11.9 Å². The monoisotopic (exact) mass is 441 g/mol. The number of piperazine rings is 1. The standard InChI is InChI=1S/C17H20IN3O3/c1-11-3-2-4-13(14(11)18)16(23)20-7-9-21(10-8-20)17(24)15(22)19-12-5-6-12/h2-4,12H,5-10H2,1H3,(H,19,22). The van der Waals surface area contributed by atoms with Gasteiger partial charge < -0.3 is 15.1 Å². The molecule has 1 aliphatic carbocycles. The normalized spacial score (nSPS) is 17.6. The van der Waals surface area contributed by atoms with Gasteiger partial charge in [-0.2, -0.15) is 0 Å². The first-order chi connectivity index (χ1) is 11.5. The highest BCUT2D eigenvalue weighted by Crippen LogP contribution is 2.20. The fourth-order valence-electron chi connectivity index (χ4n) is 2.71. The Morgan fingerprint density at radius 3 is 2.33 bits per heavy atom. The van der Waals surface area contributed by atoms with Crippen LogP contribution in [0.1, 0.15) is 28.8 Å². The molecule has 1 aliphatic heterocycles. The van der Waals surface area contributed by atoms with Crippen molar-refractivity contribution in [3.05, 3.63) is 32.9 Å². The molecule has 3 amide bonds. The smallest absolute Gasteiger partial charge is 0.312 e. The van der Waals surface area contributed by atoms with E-state index in [2.05, 4.69) is 27.9 Å². The van der Waals surface area contributed by atoms with Crippen molar-refractivity contribution in [1.29, 1.82) is 0 Å². The number of carbonyl (C=O) groups is 3. The largest absolute Gasteiger partial charge is 0.345 e. The summed E-state index contributed by atoms with van der Waals surface area (Å²) in [6.07, 6.45) is 1.91. The third-order valence-electron chi connectivity index (χ3n) is 4.38. The van der Waals surface area contributed by atoms with Crippen LogP contribution in [0, 0.1) is 10.5 Å². The van der Waals surface area contributed by atoms with Crippen molar-refractivity contribution in [2.45, 2.75) is 25.8 Å². The minimum Gasteiger partial charge on any atom is -0.345 e. The third kappa shape index (κ3) is 3.71. The molecule has 0 bridgehead atoms. The third-order valence-corrected chi connectivity index (χ3v) is 5.81. The van der Waals surface area contributed by atoms with Crippen LogP contribution in [-0.2, 0) is 9.59 Å². The van der Waals surface area contributed by atoms with Crippen molar-refractivity contribution in [3.63, 3.8) is 0 Å². The highest BCUT2D eigenvalue weighted by atomic mass is 127. The molecule has 0 spiro atoms. The average molecular weight is 441 g/mol. The van der Waals surface area contributed by atoms with Crippen molar-refractivity contribution in [2.75, 3.05) is 26.2 Å². The fourth-order valence-corrected chi connectivity index (χ4v) is 3.30. The number of nitrogens with one attached hydrogen (secondary N) is 1. The van der Waals surface area contributed by atoms with Crippen LogP contribution in [0.4, 0.5) is 0 Å². The van der Waals surface area contributed by atoms with Crippen LogP contribution in [0.15, 0.2) is 18.2 Å². The van der Waals surface area contributed by atoms with E-state index < -0.39 is 11.8 Å². The zero-order valence-electron chi connectivity index (χ0n) is 13.5. The number of hydrogen-bond acceptors (Lipinski definition) is 3. The summed E-state index contributed by atoms with van der Waals surface area (Å²) in [6, 6.07) is 5.87. The second-order valence-corrected chi connectivity index (χ2v) is 7.35. The molecule has 0 unspecified atom stereocenters. The second-order valence-electron chi connectivity index (χ2n) is 6.27. The Kier molecular flexibility index (Phi) is 5.07. The van der Waals surface area contributed by atoms with E-state index in [0.29, 0.717) is 31.7 Å². The summed E-state index contributed by atoms with van der Waals surface area (Å²) >= 11 is 2.19. The lowest BCUT2D eigenvalue weighted by Crippen LogP contribution is -2.54. The minimum absolute atomic E-state index is 0.0161. The van der Waals surface area contributed by atoms with E-state index in [1.54, 1.807) is 4.90 Å². The first-order valence-electron chi connectivity index (χ1n) is 8.11. The number of aryl methyl sites for hydroxylation is 1. The molecule has 1 aromatic carbocycles. The lowest BCUT2D eigenvalue weighted by atomic mass is 10.1. The predicted octanol–water partition coefficient (Wildman–Crippen LogP) is 1.16. The summed E-state index contributed by atoms with van der Waals surface area (Å²) in [5.41, 5.74) is 1.77. The quantitative estimate of drug-likeness (QED) is 0.554. The molecule has 128 valence electrons. The number of hydrogen-bond donors (Lipinski definition) is 1. The van der Waals surface area contributed by atoms with E-state index in [1.165, 1.54) is 4.90 Å². The molecule has 1 aromatic rings. The Morgan fingerprint density at radius 1 is 1.08 bits per heavy atom. The maximum atomic E-state index is 12.7. The topological polar surface area (TPSA) is 69.7 Å². The van der Waals surface area contributed by atoms with Crippen LogP contribution in [0.3, 0.4) is 0 Å². The highest BCUT2D eigenvalue weighted by Gasteiger charge is 2.32. The van der Waals surface area contributed by atoms with E-state index in [9.17, 15) is 14.4 Å².